The predicted octanol–water partition coefficient (Wildman–Crippen LogP) is 24.1. The number of fused-ring (bicyclic) bond motifs is 4. The van der Waals surface area contributed by atoms with Gasteiger partial charge in [-0.3, -0.25) is 4.79 Å². The molecule has 0 spiro atoms. The van der Waals surface area contributed by atoms with E-state index in [9.17, 15) is 54.9 Å². The van der Waals surface area contributed by atoms with Crippen molar-refractivity contribution in [3.8, 4) is 23.2 Å². The van der Waals surface area contributed by atoms with Crippen molar-refractivity contribution < 1.29 is 72.4 Å². The molecule has 21 heteroatoms. The first kappa shape index (κ1) is 139. The van der Waals surface area contributed by atoms with E-state index in [1.54, 1.807) is 26.0 Å². The van der Waals surface area contributed by atoms with E-state index in [-0.39, 0.29) is 301 Å². The number of phenols is 2. The fourth-order valence-electron chi connectivity index (χ4n) is 9.74. The minimum atomic E-state index is -1.57. The van der Waals surface area contributed by atoms with Crippen LogP contribution in [0.25, 0.3) is 87.0 Å². The van der Waals surface area contributed by atoms with Crippen molar-refractivity contribution >= 4 is 119 Å². The van der Waals surface area contributed by atoms with Gasteiger partial charge in [0.25, 0.3) is 5.95 Å². The van der Waals surface area contributed by atoms with Gasteiger partial charge < -0.3 is 72.4 Å². The number of phenolic OH excluding ortho intramolecular Hbond substituents is 2. The van der Waals surface area contributed by atoms with Crippen molar-refractivity contribution in [2.75, 3.05) is 0 Å². The molecule has 2 aliphatic heterocycles. The number of aliphatic hydroxyl groups excluding tert-OH is 4. The van der Waals surface area contributed by atoms with Crippen LogP contribution < -0.4 is 27.0 Å². The molecule has 2 fully saturated rings. The molecule has 98 heavy (non-hydrogen) atoms. The molecule has 6 aromatic carbocycles. The van der Waals surface area contributed by atoms with Crippen molar-refractivity contribution in [1.29, 1.82) is 0 Å². The van der Waals surface area contributed by atoms with Crippen molar-refractivity contribution in [1.82, 2.24) is 0 Å². The number of hydrogen-bond donors (Lipinski definition) is 7. The van der Waals surface area contributed by atoms with Crippen molar-refractivity contribution in [2.45, 2.75) is 284 Å². The lowest BCUT2D eigenvalue weighted by Gasteiger charge is -2.45. The van der Waals surface area contributed by atoms with E-state index in [4.69, 9.17) is 36.6 Å². The fourth-order valence-corrected chi connectivity index (χ4v) is 10.6. The maximum absolute atomic E-state index is 13.3. The van der Waals surface area contributed by atoms with Crippen LogP contribution in [-0.2, 0) is 14.2 Å². The first-order valence-corrected chi connectivity index (χ1v) is 23.2. The molecule has 6 heterocycles. The molecule has 0 bridgehead atoms. The van der Waals surface area contributed by atoms with Crippen LogP contribution in [0.4, 0.5) is 0 Å². The molecule has 0 saturated carbocycles. The van der Waals surface area contributed by atoms with Gasteiger partial charge in [0.1, 0.15) is 57.5 Å². The lowest BCUT2D eigenvalue weighted by molar-refractivity contribution is -0.346. The Morgan fingerprint density at radius 3 is 1.22 bits per heavy atom. The summed E-state index contributed by atoms with van der Waals surface area (Å²) in [4.78, 5) is 51.2. The third kappa shape index (κ3) is 21.3. The highest BCUT2D eigenvalue weighted by Gasteiger charge is 2.50. The molecule has 4 aromatic heterocycles. The number of hydrogen-bond acceptors (Lipinski definition) is 19. The van der Waals surface area contributed by atoms with Crippen LogP contribution >= 0.6 is 31.9 Å². The monoisotopic (exact) mass is 1530 g/mol. The van der Waals surface area contributed by atoms with Gasteiger partial charge in [0.05, 0.1) is 39.9 Å². The lowest BCUT2D eigenvalue weighted by Crippen LogP contribution is -2.62. The Morgan fingerprint density at radius 1 is 0.378 bits per heavy atom. The second kappa shape index (κ2) is 50.8. The van der Waals surface area contributed by atoms with Crippen LogP contribution in [0.1, 0.15) is 229 Å². The highest BCUT2D eigenvalue weighted by molar-refractivity contribution is 9.10. The Bertz CT molecular complexity index is 4040. The van der Waals surface area contributed by atoms with E-state index in [1.807, 2.05) is 0 Å². The Hall–Kier alpha value is -6.40. The second-order valence-electron chi connectivity index (χ2n) is 17.4. The highest BCUT2D eigenvalue weighted by Crippen LogP contribution is 2.47. The van der Waals surface area contributed by atoms with E-state index >= 15 is 0 Å². The first-order chi connectivity index (χ1) is 33.3. The summed E-state index contributed by atoms with van der Waals surface area (Å²) >= 11 is 6.60. The predicted molar refractivity (Wildman–Crippen MR) is 446 cm³/mol. The summed E-state index contributed by atoms with van der Waals surface area (Å²) in [6, 6.07) is 15.1. The van der Waals surface area contributed by atoms with Crippen molar-refractivity contribution in [3.63, 3.8) is 0 Å². The molecule has 2 aliphatic rings. The lowest BCUT2D eigenvalue weighted by atomic mass is 9.91. The summed E-state index contributed by atoms with van der Waals surface area (Å²) in [6.45, 7) is 4.75. The van der Waals surface area contributed by atoms with Crippen LogP contribution in [0.2, 0.25) is 0 Å². The van der Waals surface area contributed by atoms with Gasteiger partial charge in [0.15, 0.2) is 29.0 Å². The molecule has 12 rings (SSSR count). The quantitative estimate of drug-likeness (QED) is 0.0489. The van der Waals surface area contributed by atoms with Gasteiger partial charge in [0, 0.05) is 47.2 Å². The third-order valence-electron chi connectivity index (χ3n) is 13.2. The van der Waals surface area contributed by atoms with Crippen LogP contribution in [0.5, 0.6) is 23.2 Å². The number of ether oxygens (including phenoxy) is 4. The summed E-state index contributed by atoms with van der Waals surface area (Å²) in [7, 11) is 0. The molecular formula is C77H148Br2O19. The molecule has 10 aromatic rings. The largest absolute Gasteiger partial charge is 0.506 e. The highest BCUT2D eigenvalue weighted by atomic mass is 79.9. The van der Waals surface area contributed by atoms with Gasteiger partial charge in [0.2, 0.25) is 6.29 Å². The van der Waals surface area contributed by atoms with Crippen LogP contribution in [0.3, 0.4) is 0 Å². The summed E-state index contributed by atoms with van der Waals surface area (Å²) in [5.41, 5.74) is -2.44. The third-order valence-corrected chi connectivity index (χ3v) is 14.2. The molecule has 0 amide bonds. The molecule has 4 unspecified atom stereocenters. The number of aromatic hydroxyl groups is 3. The minimum absolute atomic E-state index is 0. The van der Waals surface area contributed by atoms with Crippen LogP contribution in [0, 0.1) is 5.92 Å². The van der Waals surface area contributed by atoms with E-state index in [2.05, 4.69) is 31.9 Å². The smallest absolute Gasteiger partial charge is 0.348 e. The molecule has 19 nitrogen and oxygen atoms in total. The molecule has 10 atom stereocenters. The van der Waals surface area contributed by atoms with Crippen molar-refractivity contribution in [3.05, 3.63) is 111 Å². The average Bonchev–Trinajstić information content (AvgIpc) is 3.31. The number of benzene rings is 6. The summed E-state index contributed by atoms with van der Waals surface area (Å²) in [5, 5.41) is 76.8. The Balaban J connectivity index is -0.0000000680. The maximum Gasteiger partial charge on any atom is 0.348 e. The zero-order chi connectivity index (χ0) is 49.5. The molecular weight excluding hydrogens is 1390 g/mol. The fraction of sp³-hybridized carbons (Fsp3) is 0.532. The number of halogens is 2. The summed E-state index contributed by atoms with van der Waals surface area (Å²) in [6.07, 6.45) is -11.0. The molecule has 2 saturated heterocycles. The van der Waals surface area contributed by atoms with Gasteiger partial charge in [-0.25, -0.2) is 14.4 Å². The zero-order valence-electron chi connectivity index (χ0n) is 36.3. The van der Waals surface area contributed by atoms with Gasteiger partial charge in [-0.15, -0.1) is 0 Å². The Morgan fingerprint density at radius 2 is 0.765 bits per heavy atom. The van der Waals surface area contributed by atoms with Crippen LogP contribution in [-0.4, -0.2) is 91.1 Å². The van der Waals surface area contributed by atoms with Gasteiger partial charge in [-0.05, 0) is 50.2 Å². The molecule has 0 aliphatic carbocycles. The standard InChI is InChI=1S/C31H29BrO13.C18H7BrO6.28CH4/c1-9-21(33)10(2)40-30(22(9)34)45-27-25(37)23(35)11(3)41-31(27)43-15-6-4-5-13-18(15)26-19-17-14(28(38)44-26)7-12(32)8-16(17)42-29(39)20(19)24(13)36;19-6-4-8-12-10(5-6)24-18(23)14-13(12)16(25-17(8)22)11-7(15(14)21)2-1-3-9(11)20;;;;;;;;;;;;;;;;;;;;;;;;;;;;/h4-11,21-23,25,27,30-31,33-37H,1-3H3;1-5,21-22H;28*1H4/t9?,10?,11?,21-,22-,23+,25+,27?,30-,31+;;;;;;;;;;;;;;;;;;;;;;;;;;;;;/m1............................./s1. The topological polar surface area (TPSA) is 299 Å². The minimum Gasteiger partial charge on any atom is -0.506 e. The molecule has 584 valence electrons. The molecule has 7 N–H and O–H groups in total. The second-order valence-corrected chi connectivity index (χ2v) is 19.2. The molecule has 0 radical (unpaired) electrons. The van der Waals surface area contributed by atoms with Crippen molar-refractivity contribution in [2.24, 2.45) is 5.92 Å². The normalized spacial score (nSPS) is 18.1. The zero-order valence-corrected chi connectivity index (χ0v) is 39.5. The maximum atomic E-state index is 13.3. The Kier molecular flexibility index (Phi) is 72.0. The summed E-state index contributed by atoms with van der Waals surface area (Å²) in [5.74, 6) is -1.81. The van der Waals surface area contributed by atoms with Crippen LogP contribution in [0.15, 0.2) is 106 Å². The van der Waals surface area contributed by atoms with E-state index in [0.29, 0.717) is 19.7 Å². The number of rotatable bonds is 4. The van der Waals surface area contributed by atoms with E-state index in [0.717, 1.165) is 0 Å². The van der Waals surface area contributed by atoms with Gasteiger partial charge in [-0.2, -0.15) is 0 Å². The average molecular weight is 1540 g/mol. The SMILES string of the molecule is C.C.C.C.C.C.C.C.C.C.C.C.C.C.C.C.C.C.C.C.C.C.C.C.C.C.C.C.CC1O[C@H](OC2[C@H](Oc3cccc4c(O)c5c(=O)oc6cc(Br)cc7c(=O)oc(c34)c5c67)OC(C)[C@H](O)[C@@H]2O)[C@H](O)C(C)[C@H]1O.O=c1oc2cc(Br)cc3c(O)oc4c5c(=O)cccc5c(O)c1c4c23. The van der Waals surface area contributed by atoms with Gasteiger partial charge in [-0.1, -0.05) is 271 Å². The summed E-state index contributed by atoms with van der Waals surface area (Å²) < 4.78 is 47.0. The number of aliphatic hydroxyl groups is 4. The Labute approximate surface area is 612 Å². The van der Waals surface area contributed by atoms with E-state index < -0.39 is 89.8 Å². The van der Waals surface area contributed by atoms with Gasteiger partial charge >= 0.3 is 16.9 Å². The first-order valence-electron chi connectivity index (χ1n) is 21.6. The van der Waals surface area contributed by atoms with E-state index in [1.165, 1.54) is 55.5 Å².